The third kappa shape index (κ3) is 20.3. The van der Waals surface area contributed by atoms with E-state index in [4.69, 9.17) is 10.8 Å². The van der Waals surface area contributed by atoms with Crippen LogP contribution in [0.15, 0.2) is 0 Å². The first-order valence-electron chi connectivity index (χ1n) is 5.60. The minimum absolute atomic E-state index is 0. The average molecular weight is 425 g/mol. The van der Waals surface area contributed by atoms with Crippen LogP contribution in [0.2, 0.25) is 0 Å². The van der Waals surface area contributed by atoms with Crippen molar-refractivity contribution >= 4 is 17.7 Å². The summed E-state index contributed by atoms with van der Waals surface area (Å²) in [5, 5.41) is 9.03. The number of carbonyl (C=O) groups is 1. The van der Waals surface area contributed by atoms with E-state index in [0.29, 0.717) is 6.42 Å². The van der Waals surface area contributed by atoms with E-state index in [1.807, 2.05) is 11.8 Å². The Kier molecular flexibility index (Phi) is 33.3. The summed E-state index contributed by atoms with van der Waals surface area (Å²) in [5.41, 5.74) is 5.10. The molecule has 0 saturated carbocycles. The van der Waals surface area contributed by atoms with E-state index in [0.717, 1.165) is 5.25 Å². The zero-order valence-corrected chi connectivity index (χ0v) is 18.4. The van der Waals surface area contributed by atoms with Gasteiger partial charge >= 0.3 is 5.97 Å². The second kappa shape index (κ2) is 21.3. The number of nitrogens with two attached hydrogens (primary N) is 1. The largest absolute Gasteiger partial charge is 0.480 e. The number of carboxylic acid groups (broad SMARTS) is 1. The fourth-order valence-corrected chi connectivity index (χ4v) is 1.77. The molecule has 0 aromatic heterocycles. The molecule has 0 rings (SSSR count). The standard InChI is InChI=1S/C7H15S.C5H10NO2.2Y/c1-4-6-7(5-2)8-3;1-2-3-4(6)5(7)8;;/h4,7H,5-6H2,1-3H3;2,4H,3,6H2,1H3,(H,7,8);;/q2*-1;;. The molecule has 0 aliphatic carbocycles. The number of carboxylic acids is 1. The Bertz CT molecular complexity index is 170. The van der Waals surface area contributed by atoms with E-state index in [2.05, 4.69) is 26.5 Å². The van der Waals surface area contributed by atoms with Crippen LogP contribution >= 0.6 is 11.8 Å². The molecule has 3 N–H and O–H groups in total. The molecule has 0 fully saturated rings. The van der Waals surface area contributed by atoms with Crippen LogP contribution in [-0.2, 0) is 70.2 Å². The second-order valence-electron chi connectivity index (χ2n) is 3.50. The number of thioether (sulfide) groups is 1. The molecule has 3 nitrogen and oxygen atoms in total. The molecule has 0 aliphatic heterocycles. The van der Waals surface area contributed by atoms with Crippen molar-refractivity contribution in [3.63, 3.8) is 0 Å². The molecule has 0 aromatic rings. The quantitative estimate of drug-likeness (QED) is 0.616. The summed E-state index contributed by atoms with van der Waals surface area (Å²) in [5.74, 6) is -0.942. The van der Waals surface area contributed by atoms with Gasteiger partial charge in [-0.1, -0.05) is 6.92 Å². The van der Waals surface area contributed by atoms with E-state index >= 15 is 0 Å². The normalized spacial score (nSPS) is 12.1. The smallest absolute Gasteiger partial charge is 0.317 e. The van der Waals surface area contributed by atoms with Gasteiger partial charge in [-0.25, -0.2) is 0 Å². The Morgan fingerprint density at radius 3 is 1.83 bits per heavy atom. The van der Waals surface area contributed by atoms with Gasteiger partial charge in [0, 0.05) is 65.4 Å². The molecular weight excluding hydrogens is 400 g/mol. The molecule has 2 atom stereocenters. The molecule has 0 saturated heterocycles. The molecule has 2 radical (unpaired) electrons. The minimum atomic E-state index is -0.942. The first-order chi connectivity index (χ1) is 7.53. The van der Waals surface area contributed by atoms with Crippen LogP contribution in [0.25, 0.3) is 0 Å². The first kappa shape index (κ1) is 28.2. The monoisotopic (exact) mass is 425 g/mol. The van der Waals surface area contributed by atoms with Crippen LogP contribution in [0.4, 0.5) is 0 Å². The van der Waals surface area contributed by atoms with Gasteiger partial charge < -0.3 is 23.7 Å². The van der Waals surface area contributed by atoms with Crippen LogP contribution in [0, 0.1) is 12.8 Å². The molecule has 0 heterocycles. The van der Waals surface area contributed by atoms with E-state index in [-0.39, 0.29) is 65.4 Å². The van der Waals surface area contributed by atoms with E-state index < -0.39 is 12.0 Å². The van der Waals surface area contributed by atoms with Crippen LogP contribution in [-0.4, -0.2) is 28.6 Å². The van der Waals surface area contributed by atoms with Gasteiger partial charge in [0.15, 0.2) is 0 Å². The van der Waals surface area contributed by atoms with Gasteiger partial charge in [0.05, 0.1) is 6.04 Å². The van der Waals surface area contributed by atoms with Crippen molar-refractivity contribution in [2.75, 3.05) is 6.26 Å². The summed E-state index contributed by atoms with van der Waals surface area (Å²) in [7, 11) is 0. The van der Waals surface area contributed by atoms with Gasteiger partial charge in [0.25, 0.3) is 0 Å². The van der Waals surface area contributed by atoms with Gasteiger partial charge in [0.2, 0.25) is 0 Å². The van der Waals surface area contributed by atoms with Crippen LogP contribution in [0.5, 0.6) is 0 Å². The summed E-state index contributed by atoms with van der Waals surface area (Å²) in [6, 6.07) is -0.722. The van der Waals surface area contributed by atoms with Crippen LogP contribution in [0.3, 0.4) is 0 Å². The first-order valence-corrected chi connectivity index (χ1v) is 6.88. The molecule has 0 bridgehead atoms. The Morgan fingerprint density at radius 2 is 1.72 bits per heavy atom. The summed E-state index contributed by atoms with van der Waals surface area (Å²) in [4.78, 5) is 9.94. The number of hydrogen-bond acceptors (Lipinski definition) is 3. The van der Waals surface area contributed by atoms with Gasteiger partial charge in [-0.15, -0.1) is 0 Å². The maximum Gasteiger partial charge on any atom is 0.317 e. The Balaban J connectivity index is -0.0000000980. The van der Waals surface area contributed by atoms with Gasteiger partial charge in [0.1, 0.15) is 0 Å². The zero-order valence-electron chi connectivity index (χ0n) is 11.9. The Hall–Kier alpha value is 1.99. The van der Waals surface area contributed by atoms with Crippen LogP contribution in [0.1, 0.15) is 40.0 Å². The average Bonchev–Trinajstić information content (AvgIpc) is 2.27. The molecule has 0 amide bonds. The third-order valence-electron chi connectivity index (χ3n) is 2.09. The van der Waals surface area contributed by atoms with Crippen molar-refractivity contribution in [1.82, 2.24) is 0 Å². The number of rotatable bonds is 7. The minimum Gasteiger partial charge on any atom is -0.480 e. The van der Waals surface area contributed by atoms with Crippen molar-refractivity contribution in [3.8, 4) is 0 Å². The molecule has 0 aromatic carbocycles. The Morgan fingerprint density at radius 1 is 1.28 bits per heavy atom. The summed E-state index contributed by atoms with van der Waals surface area (Å²) < 4.78 is 0. The van der Waals surface area contributed by atoms with Gasteiger partial charge in [-0.2, -0.15) is 38.5 Å². The molecule has 0 aliphatic rings. The number of aliphatic carboxylic acids is 1. The molecule has 18 heavy (non-hydrogen) atoms. The Labute approximate surface area is 167 Å². The predicted molar refractivity (Wildman–Crippen MR) is 72.4 cm³/mol. The molecule has 6 heteroatoms. The zero-order chi connectivity index (χ0) is 13.0. The van der Waals surface area contributed by atoms with Crippen molar-refractivity contribution < 1.29 is 75.3 Å². The van der Waals surface area contributed by atoms with Crippen molar-refractivity contribution in [3.05, 3.63) is 12.8 Å². The molecule has 104 valence electrons. The van der Waals surface area contributed by atoms with Crippen molar-refractivity contribution in [2.45, 2.75) is 51.3 Å². The maximum absolute atomic E-state index is 9.94. The van der Waals surface area contributed by atoms with Crippen molar-refractivity contribution in [1.29, 1.82) is 0 Å². The molecule has 2 unspecified atom stereocenters. The SMILES string of the molecule is C[CH-]CC(CC)SC.C[CH-]CC(N)C(=O)O.[Y].[Y]. The third-order valence-corrected chi connectivity index (χ3v) is 3.29. The topological polar surface area (TPSA) is 63.3 Å². The number of hydrogen-bond donors (Lipinski definition) is 2. The predicted octanol–water partition coefficient (Wildman–Crippen LogP) is 2.75. The van der Waals surface area contributed by atoms with E-state index in [9.17, 15) is 4.79 Å². The van der Waals surface area contributed by atoms with Crippen LogP contribution < -0.4 is 5.73 Å². The summed E-state index contributed by atoms with van der Waals surface area (Å²) in [6.45, 7) is 6.15. The van der Waals surface area contributed by atoms with Crippen molar-refractivity contribution in [2.24, 2.45) is 5.73 Å². The molecular formula is C12H25NO2SY2-2. The fourth-order valence-electron chi connectivity index (χ4n) is 1.05. The fraction of sp³-hybridized carbons (Fsp3) is 0.750. The van der Waals surface area contributed by atoms with E-state index in [1.165, 1.54) is 12.8 Å². The van der Waals surface area contributed by atoms with E-state index in [1.54, 1.807) is 13.3 Å². The summed E-state index contributed by atoms with van der Waals surface area (Å²) >= 11 is 1.96. The maximum atomic E-state index is 9.94. The second-order valence-corrected chi connectivity index (χ2v) is 4.64. The van der Waals surface area contributed by atoms with Gasteiger partial charge in [-0.3, -0.25) is 4.79 Å². The summed E-state index contributed by atoms with van der Waals surface area (Å²) in [6.07, 6.45) is 9.15. The van der Waals surface area contributed by atoms with Gasteiger partial charge in [-0.05, 0) is 17.9 Å². The molecule has 0 spiro atoms.